The van der Waals surface area contributed by atoms with Gasteiger partial charge in [-0.05, 0) is 48.5 Å². The van der Waals surface area contributed by atoms with Crippen LogP contribution in [0.4, 0.5) is 16.3 Å². The first-order valence-corrected chi connectivity index (χ1v) is 11.1. The Balaban J connectivity index is 1.38. The van der Waals surface area contributed by atoms with Gasteiger partial charge in [0.2, 0.25) is 0 Å². The van der Waals surface area contributed by atoms with E-state index < -0.39 is 0 Å². The summed E-state index contributed by atoms with van der Waals surface area (Å²) in [6, 6.07) is 14.2. The zero-order valence-corrected chi connectivity index (χ0v) is 19.7. The Morgan fingerprint density at radius 2 is 1.70 bits per heavy atom. The number of hydrogen-bond donors (Lipinski definition) is 1. The molecule has 1 aromatic heterocycles. The van der Waals surface area contributed by atoms with Crippen LogP contribution in [0.1, 0.15) is 0 Å². The lowest BCUT2D eigenvalue weighted by Crippen LogP contribution is -2.50. The lowest BCUT2D eigenvalue weighted by molar-refractivity contribution is 0.208. The molecule has 3 aromatic rings. The van der Waals surface area contributed by atoms with Crippen molar-refractivity contribution in [3.63, 3.8) is 0 Å². The van der Waals surface area contributed by atoms with Gasteiger partial charge in [-0.15, -0.1) is 10.2 Å². The molecule has 1 saturated heterocycles. The standard InChI is InChI=1S/C23H23Cl2N5O3/c1-32-16-4-7-21(33-2)17(14-16)20-6-8-22(28-27-20)29-9-11-30(12-10-29)23(31)26-15-3-5-18(24)19(25)13-15/h3-8,13-14H,9-12H2,1-2H3,(H,26,31). The van der Waals surface area contributed by atoms with Crippen LogP contribution >= 0.6 is 23.2 Å². The minimum atomic E-state index is -0.181. The predicted octanol–water partition coefficient (Wildman–Crippen LogP) is 4.82. The number of aromatic nitrogens is 2. The van der Waals surface area contributed by atoms with Crippen LogP contribution in [0.3, 0.4) is 0 Å². The van der Waals surface area contributed by atoms with E-state index in [1.165, 1.54) is 0 Å². The molecule has 2 aromatic carbocycles. The zero-order chi connectivity index (χ0) is 23.4. The number of urea groups is 1. The maximum absolute atomic E-state index is 12.6. The van der Waals surface area contributed by atoms with Gasteiger partial charge in [0, 0.05) is 37.4 Å². The summed E-state index contributed by atoms with van der Waals surface area (Å²) in [7, 11) is 3.23. The van der Waals surface area contributed by atoms with Crippen LogP contribution in [0.25, 0.3) is 11.3 Å². The second-order valence-electron chi connectivity index (χ2n) is 7.38. The van der Waals surface area contributed by atoms with Crippen LogP contribution < -0.4 is 19.7 Å². The van der Waals surface area contributed by atoms with E-state index in [2.05, 4.69) is 20.4 Å². The molecular weight excluding hydrogens is 465 g/mol. The smallest absolute Gasteiger partial charge is 0.321 e. The molecule has 0 spiro atoms. The lowest BCUT2D eigenvalue weighted by atomic mass is 10.1. The van der Waals surface area contributed by atoms with Crippen LogP contribution in [0.2, 0.25) is 10.0 Å². The van der Waals surface area contributed by atoms with Crippen molar-refractivity contribution in [1.82, 2.24) is 15.1 Å². The van der Waals surface area contributed by atoms with Gasteiger partial charge < -0.3 is 24.6 Å². The fraction of sp³-hybridized carbons (Fsp3) is 0.261. The van der Waals surface area contributed by atoms with E-state index in [1.54, 1.807) is 37.3 Å². The molecule has 1 aliphatic heterocycles. The number of piperazine rings is 1. The van der Waals surface area contributed by atoms with Crippen molar-refractivity contribution < 1.29 is 14.3 Å². The minimum absolute atomic E-state index is 0.181. The first kappa shape index (κ1) is 22.9. The molecule has 0 saturated carbocycles. The molecule has 33 heavy (non-hydrogen) atoms. The van der Waals surface area contributed by atoms with E-state index in [0.717, 1.165) is 11.4 Å². The number of carbonyl (C=O) groups is 1. The SMILES string of the molecule is COc1ccc(OC)c(-c2ccc(N3CCN(C(=O)Nc4ccc(Cl)c(Cl)c4)CC3)nn2)c1. The molecule has 1 fully saturated rings. The highest BCUT2D eigenvalue weighted by atomic mass is 35.5. The molecule has 0 radical (unpaired) electrons. The van der Waals surface area contributed by atoms with Crippen molar-refractivity contribution in [2.75, 3.05) is 50.6 Å². The number of methoxy groups -OCH3 is 2. The minimum Gasteiger partial charge on any atom is -0.497 e. The van der Waals surface area contributed by atoms with Crippen LogP contribution in [-0.2, 0) is 0 Å². The average molecular weight is 488 g/mol. The maximum Gasteiger partial charge on any atom is 0.321 e. The Labute approximate surface area is 202 Å². The van der Waals surface area contributed by atoms with Gasteiger partial charge in [0.1, 0.15) is 11.5 Å². The number of anilines is 2. The molecule has 0 aliphatic carbocycles. The second kappa shape index (κ2) is 10.1. The molecule has 1 N–H and O–H groups in total. The lowest BCUT2D eigenvalue weighted by Gasteiger charge is -2.35. The summed E-state index contributed by atoms with van der Waals surface area (Å²) < 4.78 is 10.8. The Morgan fingerprint density at radius 3 is 2.33 bits per heavy atom. The van der Waals surface area contributed by atoms with Crippen LogP contribution in [0, 0.1) is 0 Å². The van der Waals surface area contributed by atoms with Gasteiger partial charge in [-0.3, -0.25) is 0 Å². The number of amides is 2. The van der Waals surface area contributed by atoms with Crippen LogP contribution in [0.5, 0.6) is 11.5 Å². The van der Waals surface area contributed by atoms with E-state index in [0.29, 0.717) is 59.1 Å². The highest BCUT2D eigenvalue weighted by molar-refractivity contribution is 6.42. The molecule has 1 aliphatic rings. The van der Waals surface area contributed by atoms with E-state index >= 15 is 0 Å². The quantitative estimate of drug-likeness (QED) is 0.555. The number of rotatable bonds is 5. The summed E-state index contributed by atoms with van der Waals surface area (Å²) in [5, 5.41) is 12.5. The first-order chi connectivity index (χ1) is 16.0. The Kier molecular flexibility index (Phi) is 7.05. The predicted molar refractivity (Wildman–Crippen MR) is 130 cm³/mol. The van der Waals surface area contributed by atoms with Crippen molar-refractivity contribution in [2.24, 2.45) is 0 Å². The number of hydrogen-bond acceptors (Lipinski definition) is 6. The Morgan fingerprint density at radius 1 is 0.909 bits per heavy atom. The molecular formula is C23H23Cl2N5O3. The summed E-state index contributed by atoms with van der Waals surface area (Å²) in [6.45, 7) is 2.40. The number of carbonyl (C=O) groups excluding carboxylic acids is 1. The van der Waals surface area contributed by atoms with Crippen molar-refractivity contribution >= 4 is 40.7 Å². The molecule has 4 rings (SSSR count). The summed E-state index contributed by atoms with van der Waals surface area (Å²) >= 11 is 12.0. The van der Waals surface area contributed by atoms with Crippen molar-refractivity contribution in [2.45, 2.75) is 0 Å². The largest absolute Gasteiger partial charge is 0.497 e. The molecule has 10 heteroatoms. The summed E-state index contributed by atoms with van der Waals surface area (Å²) in [5.41, 5.74) is 2.10. The number of nitrogens with one attached hydrogen (secondary N) is 1. The third-order valence-electron chi connectivity index (χ3n) is 5.39. The maximum atomic E-state index is 12.6. The van der Waals surface area contributed by atoms with Gasteiger partial charge in [-0.25, -0.2) is 4.79 Å². The number of halogens is 2. The first-order valence-electron chi connectivity index (χ1n) is 10.3. The third kappa shape index (κ3) is 5.23. The monoisotopic (exact) mass is 487 g/mol. The van der Waals surface area contributed by atoms with Crippen molar-refractivity contribution in [3.8, 4) is 22.8 Å². The van der Waals surface area contributed by atoms with Gasteiger partial charge in [0.15, 0.2) is 5.82 Å². The van der Waals surface area contributed by atoms with Crippen LogP contribution in [0.15, 0.2) is 48.5 Å². The molecule has 0 atom stereocenters. The molecule has 0 bridgehead atoms. The van der Waals surface area contributed by atoms with Gasteiger partial charge in [-0.1, -0.05) is 23.2 Å². The fourth-order valence-electron chi connectivity index (χ4n) is 3.57. The number of ether oxygens (including phenoxy) is 2. The van der Waals surface area contributed by atoms with E-state index in [-0.39, 0.29) is 6.03 Å². The molecule has 2 amide bonds. The van der Waals surface area contributed by atoms with Gasteiger partial charge >= 0.3 is 6.03 Å². The third-order valence-corrected chi connectivity index (χ3v) is 6.13. The topological polar surface area (TPSA) is 79.8 Å². The van der Waals surface area contributed by atoms with Crippen molar-refractivity contribution in [1.29, 1.82) is 0 Å². The highest BCUT2D eigenvalue weighted by Gasteiger charge is 2.22. The van der Waals surface area contributed by atoms with Gasteiger partial charge in [0.25, 0.3) is 0 Å². The van der Waals surface area contributed by atoms with E-state index in [9.17, 15) is 4.79 Å². The van der Waals surface area contributed by atoms with E-state index in [1.807, 2.05) is 30.3 Å². The molecule has 8 nitrogen and oxygen atoms in total. The number of benzene rings is 2. The summed E-state index contributed by atoms with van der Waals surface area (Å²) in [4.78, 5) is 16.4. The average Bonchev–Trinajstić information content (AvgIpc) is 2.86. The van der Waals surface area contributed by atoms with Crippen LogP contribution in [-0.4, -0.2) is 61.5 Å². The molecule has 0 unspecified atom stereocenters. The number of nitrogens with zero attached hydrogens (tertiary/aromatic N) is 4. The zero-order valence-electron chi connectivity index (χ0n) is 18.2. The molecule has 172 valence electrons. The molecule has 2 heterocycles. The fourth-order valence-corrected chi connectivity index (χ4v) is 3.86. The summed E-state index contributed by atoms with van der Waals surface area (Å²) in [6.07, 6.45) is 0. The Bertz CT molecular complexity index is 1140. The normalized spacial score (nSPS) is 13.6. The van der Waals surface area contributed by atoms with Gasteiger partial charge in [-0.2, -0.15) is 0 Å². The second-order valence-corrected chi connectivity index (χ2v) is 8.19. The highest BCUT2D eigenvalue weighted by Crippen LogP contribution is 2.32. The van der Waals surface area contributed by atoms with Crippen molar-refractivity contribution in [3.05, 3.63) is 58.6 Å². The Hall–Kier alpha value is -3.23. The van der Waals surface area contributed by atoms with E-state index in [4.69, 9.17) is 32.7 Å². The van der Waals surface area contributed by atoms with Gasteiger partial charge in [0.05, 0.1) is 30.0 Å². The summed E-state index contributed by atoms with van der Waals surface area (Å²) in [5.74, 6) is 2.16.